The summed E-state index contributed by atoms with van der Waals surface area (Å²) in [4.78, 5) is 0. The predicted octanol–water partition coefficient (Wildman–Crippen LogP) is 3.63. The van der Waals surface area contributed by atoms with Crippen LogP contribution in [0.1, 0.15) is 32.1 Å². The van der Waals surface area contributed by atoms with Gasteiger partial charge in [-0.15, -0.1) is 6.58 Å². The lowest BCUT2D eigenvalue weighted by atomic mass is 9.81. The first-order chi connectivity index (χ1) is 5.72. The van der Waals surface area contributed by atoms with Gasteiger partial charge in [-0.1, -0.05) is 6.08 Å². The maximum Gasteiger partial charge on any atom is 0.238 e. The fourth-order valence-electron chi connectivity index (χ4n) is 1.91. The molecular formula is C10H16F2. The van der Waals surface area contributed by atoms with Gasteiger partial charge in [-0.3, -0.25) is 0 Å². The molecule has 0 saturated heterocycles. The van der Waals surface area contributed by atoms with E-state index in [0.29, 0.717) is 5.92 Å². The van der Waals surface area contributed by atoms with Gasteiger partial charge in [0.15, 0.2) is 0 Å². The summed E-state index contributed by atoms with van der Waals surface area (Å²) >= 11 is 0. The van der Waals surface area contributed by atoms with E-state index >= 15 is 0 Å². The molecule has 0 bridgehead atoms. The van der Waals surface area contributed by atoms with E-state index < -0.39 is 6.43 Å². The minimum atomic E-state index is -2.12. The largest absolute Gasteiger partial charge is 0.238 e. The minimum Gasteiger partial charge on any atom is -0.211 e. The molecule has 0 radical (unpaired) electrons. The number of hydrogen-bond acceptors (Lipinski definition) is 0. The first-order valence-electron chi connectivity index (χ1n) is 4.63. The molecule has 0 aliphatic heterocycles. The topological polar surface area (TPSA) is 0 Å². The van der Waals surface area contributed by atoms with Crippen LogP contribution in [0.4, 0.5) is 8.78 Å². The van der Waals surface area contributed by atoms with Crippen LogP contribution in [-0.4, -0.2) is 6.43 Å². The zero-order valence-corrected chi connectivity index (χ0v) is 7.31. The second-order valence-corrected chi connectivity index (χ2v) is 3.64. The summed E-state index contributed by atoms with van der Waals surface area (Å²) in [7, 11) is 0. The third-order valence-electron chi connectivity index (χ3n) is 2.74. The van der Waals surface area contributed by atoms with Crippen LogP contribution in [0.25, 0.3) is 0 Å². The van der Waals surface area contributed by atoms with Crippen molar-refractivity contribution < 1.29 is 8.78 Å². The van der Waals surface area contributed by atoms with E-state index in [1.807, 2.05) is 6.08 Å². The van der Waals surface area contributed by atoms with Gasteiger partial charge >= 0.3 is 0 Å². The quantitative estimate of drug-likeness (QED) is 0.573. The Bertz CT molecular complexity index is 135. The number of halogens is 2. The maximum absolute atomic E-state index is 12.0. The predicted molar refractivity (Wildman–Crippen MR) is 46.3 cm³/mol. The van der Waals surface area contributed by atoms with Crippen LogP contribution in [0.2, 0.25) is 0 Å². The van der Waals surface area contributed by atoms with E-state index in [-0.39, 0.29) is 12.3 Å². The van der Waals surface area contributed by atoms with E-state index in [1.54, 1.807) is 0 Å². The summed E-state index contributed by atoms with van der Waals surface area (Å²) in [5.74, 6) is 0.847. The van der Waals surface area contributed by atoms with Crippen LogP contribution >= 0.6 is 0 Å². The van der Waals surface area contributed by atoms with Crippen molar-refractivity contribution in [3.8, 4) is 0 Å². The Morgan fingerprint density at radius 2 is 1.83 bits per heavy atom. The molecule has 0 aromatic carbocycles. The SMILES string of the molecule is C=CC1CCC(CC(F)F)CC1. The van der Waals surface area contributed by atoms with Gasteiger partial charge < -0.3 is 0 Å². The van der Waals surface area contributed by atoms with E-state index in [2.05, 4.69) is 6.58 Å². The molecule has 2 heteroatoms. The zero-order valence-electron chi connectivity index (χ0n) is 7.31. The summed E-state index contributed by atoms with van der Waals surface area (Å²) < 4.78 is 24.0. The van der Waals surface area contributed by atoms with Gasteiger partial charge in [-0.05, 0) is 37.5 Å². The molecule has 0 heterocycles. The Balaban J connectivity index is 2.21. The van der Waals surface area contributed by atoms with Gasteiger partial charge in [0.25, 0.3) is 0 Å². The molecule has 0 atom stereocenters. The first kappa shape index (κ1) is 9.69. The summed E-state index contributed by atoms with van der Waals surface area (Å²) in [6.07, 6.45) is 3.97. The van der Waals surface area contributed by atoms with Crippen LogP contribution < -0.4 is 0 Å². The van der Waals surface area contributed by atoms with Crippen molar-refractivity contribution in [2.45, 2.75) is 38.5 Å². The second-order valence-electron chi connectivity index (χ2n) is 3.64. The average Bonchev–Trinajstić information content (AvgIpc) is 2.05. The molecule has 0 N–H and O–H groups in total. The lowest BCUT2D eigenvalue weighted by molar-refractivity contribution is 0.100. The van der Waals surface area contributed by atoms with Gasteiger partial charge in [-0.25, -0.2) is 8.78 Å². The summed E-state index contributed by atoms with van der Waals surface area (Å²) in [5.41, 5.74) is 0. The molecule has 0 amide bonds. The molecule has 1 rings (SSSR count). The van der Waals surface area contributed by atoms with Gasteiger partial charge in [0.1, 0.15) is 0 Å². The zero-order chi connectivity index (χ0) is 8.97. The third-order valence-corrected chi connectivity index (χ3v) is 2.74. The highest BCUT2D eigenvalue weighted by Gasteiger charge is 2.21. The average molecular weight is 174 g/mol. The Kier molecular flexibility index (Phi) is 3.70. The molecule has 12 heavy (non-hydrogen) atoms. The van der Waals surface area contributed by atoms with Gasteiger partial charge in [0.2, 0.25) is 6.43 Å². The Morgan fingerprint density at radius 1 is 1.25 bits per heavy atom. The fourth-order valence-corrected chi connectivity index (χ4v) is 1.91. The highest BCUT2D eigenvalue weighted by Crippen LogP contribution is 2.32. The molecule has 1 saturated carbocycles. The molecule has 0 unspecified atom stereocenters. The molecule has 0 aromatic rings. The number of allylic oxidation sites excluding steroid dienone is 1. The molecule has 70 valence electrons. The normalized spacial score (nSPS) is 30.6. The molecular weight excluding hydrogens is 158 g/mol. The van der Waals surface area contributed by atoms with E-state index in [4.69, 9.17) is 0 Å². The molecule has 1 aliphatic carbocycles. The lowest BCUT2D eigenvalue weighted by Gasteiger charge is -2.26. The number of alkyl halides is 2. The van der Waals surface area contributed by atoms with Gasteiger partial charge in [0.05, 0.1) is 0 Å². The second kappa shape index (κ2) is 4.58. The van der Waals surface area contributed by atoms with E-state index in [1.165, 1.54) is 0 Å². The Morgan fingerprint density at radius 3 is 2.25 bits per heavy atom. The summed E-state index contributed by atoms with van der Waals surface area (Å²) in [6, 6.07) is 0. The molecule has 0 aromatic heterocycles. The van der Waals surface area contributed by atoms with Crippen LogP contribution in [0, 0.1) is 11.8 Å². The lowest BCUT2D eigenvalue weighted by Crippen LogP contribution is -2.15. The van der Waals surface area contributed by atoms with Crippen LogP contribution in [-0.2, 0) is 0 Å². The Hall–Kier alpha value is -0.400. The van der Waals surface area contributed by atoms with Crippen molar-refractivity contribution in [2.24, 2.45) is 11.8 Å². The molecule has 0 nitrogen and oxygen atoms in total. The van der Waals surface area contributed by atoms with Gasteiger partial charge in [0, 0.05) is 6.42 Å². The van der Waals surface area contributed by atoms with Crippen LogP contribution in [0.5, 0.6) is 0 Å². The molecule has 0 spiro atoms. The highest BCUT2D eigenvalue weighted by atomic mass is 19.3. The number of rotatable bonds is 3. The summed E-state index contributed by atoms with van der Waals surface area (Å²) in [5, 5.41) is 0. The van der Waals surface area contributed by atoms with Crippen molar-refractivity contribution in [3.63, 3.8) is 0 Å². The molecule has 1 aliphatic rings. The first-order valence-corrected chi connectivity index (χ1v) is 4.63. The van der Waals surface area contributed by atoms with Crippen molar-refractivity contribution in [1.29, 1.82) is 0 Å². The van der Waals surface area contributed by atoms with E-state index in [0.717, 1.165) is 25.7 Å². The van der Waals surface area contributed by atoms with Gasteiger partial charge in [-0.2, -0.15) is 0 Å². The highest BCUT2D eigenvalue weighted by molar-refractivity contribution is 4.84. The third kappa shape index (κ3) is 2.92. The van der Waals surface area contributed by atoms with Crippen molar-refractivity contribution >= 4 is 0 Å². The van der Waals surface area contributed by atoms with Crippen molar-refractivity contribution in [2.75, 3.05) is 0 Å². The monoisotopic (exact) mass is 174 g/mol. The standard InChI is InChI=1S/C10H16F2/c1-2-8-3-5-9(6-4-8)7-10(11)12/h2,8-10H,1,3-7H2. The maximum atomic E-state index is 12.0. The van der Waals surface area contributed by atoms with E-state index in [9.17, 15) is 8.78 Å². The van der Waals surface area contributed by atoms with Crippen molar-refractivity contribution in [3.05, 3.63) is 12.7 Å². The van der Waals surface area contributed by atoms with Crippen LogP contribution in [0.3, 0.4) is 0 Å². The van der Waals surface area contributed by atoms with Crippen LogP contribution in [0.15, 0.2) is 12.7 Å². The fraction of sp³-hybridized carbons (Fsp3) is 0.800. The summed E-state index contributed by atoms with van der Waals surface area (Å²) in [6.45, 7) is 3.72. The number of hydrogen-bond donors (Lipinski definition) is 0. The minimum absolute atomic E-state index is 0.101. The molecule has 1 fully saturated rings. The van der Waals surface area contributed by atoms with Crippen molar-refractivity contribution in [1.82, 2.24) is 0 Å². The Labute approximate surface area is 72.7 Å². The smallest absolute Gasteiger partial charge is 0.211 e.